The summed E-state index contributed by atoms with van der Waals surface area (Å²) in [4.78, 5) is 28.4. The first-order chi connectivity index (χ1) is 12.2. The highest BCUT2D eigenvalue weighted by Crippen LogP contribution is 2.35. The highest BCUT2D eigenvalue weighted by molar-refractivity contribution is 5.96. The van der Waals surface area contributed by atoms with Gasteiger partial charge in [0.05, 0.1) is 0 Å². The Hall–Kier alpha value is -2.04. The number of anilines is 1. The summed E-state index contributed by atoms with van der Waals surface area (Å²) >= 11 is 0. The monoisotopic (exact) mass is 358 g/mol. The summed E-state index contributed by atoms with van der Waals surface area (Å²) in [5, 5.41) is 0. The fourth-order valence-electron chi connectivity index (χ4n) is 3.95. The zero-order valence-electron chi connectivity index (χ0n) is 16.6. The Morgan fingerprint density at radius 2 is 1.92 bits per heavy atom. The Bertz CT molecular complexity index is 721. The van der Waals surface area contributed by atoms with Crippen LogP contribution in [0.2, 0.25) is 0 Å². The van der Waals surface area contributed by atoms with Crippen LogP contribution in [0.3, 0.4) is 0 Å². The number of carbonyl (C=O) groups excluding carboxylic acids is 2. The number of hydrogen-bond acceptors (Lipinski definition) is 3. The van der Waals surface area contributed by atoms with E-state index in [2.05, 4.69) is 19.1 Å². The first-order valence-corrected chi connectivity index (χ1v) is 9.63. The van der Waals surface area contributed by atoms with Gasteiger partial charge in [-0.25, -0.2) is 4.79 Å². The second-order valence-corrected chi connectivity index (χ2v) is 8.40. The molecule has 0 bridgehead atoms. The van der Waals surface area contributed by atoms with E-state index in [1.807, 2.05) is 37.5 Å². The summed E-state index contributed by atoms with van der Waals surface area (Å²) < 4.78 is 5.56. The molecule has 0 radical (unpaired) electrons. The van der Waals surface area contributed by atoms with Gasteiger partial charge in [-0.15, -0.1) is 0 Å². The van der Waals surface area contributed by atoms with Crippen LogP contribution in [0.1, 0.15) is 63.6 Å². The largest absolute Gasteiger partial charge is 0.444 e. The molecule has 2 aliphatic heterocycles. The molecule has 1 aromatic rings. The topological polar surface area (TPSA) is 49.9 Å². The summed E-state index contributed by atoms with van der Waals surface area (Å²) in [6, 6.07) is 4.45. The normalized spacial score (nSPS) is 20.3. The number of ether oxygens (including phenoxy) is 1. The third-order valence-corrected chi connectivity index (χ3v) is 5.18. The van der Waals surface area contributed by atoms with Crippen molar-refractivity contribution >= 4 is 17.7 Å². The summed E-state index contributed by atoms with van der Waals surface area (Å²) in [6.07, 6.45) is 1.93. The number of rotatable bonds is 1. The van der Waals surface area contributed by atoms with Crippen molar-refractivity contribution in [2.45, 2.75) is 65.4 Å². The van der Waals surface area contributed by atoms with E-state index in [1.165, 1.54) is 16.7 Å². The predicted octanol–water partition coefficient (Wildman–Crippen LogP) is 3.88. The van der Waals surface area contributed by atoms with Crippen molar-refractivity contribution in [2.75, 3.05) is 24.5 Å². The molecule has 2 amide bonds. The van der Waals surface area contributed by atoms with E-state index in [4.69, 9.17) is 4.74 Å². The van der Waals surface area contributed by atoms with Crippen LogP contribution in [-0.2, 0) is 22.4 Å². The Morgan fingerprint density at radius 3 is 2.58 bits per heavy atom. The first kappa shape index (κ1) is 18.7. The lowest BCUT2D eigenvalue weighted by atomic mass is 9.89. The molecule has 5 nitrogen and oxygen atoms in total. The van der Waals surface area contributed by atoms with Crippen LogP contribution < -0.4 is 4.90 Å². The lowest BCUT2D eigenvalue weighted by molar-refractivity contribution is -0.118. The Labute approximate surface area is 156 Å². The molecule has 0 aromatic heterocycles. The minimum absolute atomic E-state index is 0.206. The third-order valence-electron chi connectivity index (χ3n) is 5.18. The molecule has 0 saturated heterocycles. The zero-order chi connectivity index (χ0) is 19.1. The molecule has 1 atom stereocenters. The van der Waals surface area contributed by atoms with Gasteiger partial charge in [0.1, 0.15) is 5.60 Å². The van der Waals surface area contributed by atoms with Crippen LogP contribution in [0, 0.1) is 0 Å². The molecule has 0 fully saturated rings. The van der Waals surface area contributed by atoms with E-state index in [0.717, 1.165) is 18.5 Å². The van der Waals surface area contributed by atoms with E-state index in [0.29, 0.717) is 26.1 Å². The van der Waals surface area contributed by atoms with Crippen molar-refractivity contribution < 1.29 is 14.3 Å². The van der Waals surface area contributed by atoms with Gasteiger partial charge >= 0.3 is 6.09 Å². The number of carbonyl (C=O) groups is 2. The maximum atomic E-state index is 12.5. The second-order valence-electron chi connectivity index (χ2n) is 8.40. The van der Waals surface area contributed by atoms with E-state index < -0.39 is 5.60 Å². The Morgan fingerprint density at radius 1 is 1.19 bits per heavy atom. The fraction of sp³-hybridized carbons (Fsp3) is 0.619. The Balaban J connectivity index is 1.88. The van der Waals surface area contributed by atoms with Crippen molar-refractivity contribution in [3.8, 4) is 0 Å². The average molecular weight is 358 g/mol. The van der Waals surface area contributed by atoms with E-state index in [9.17, 15) is 9.59 Å². The highest BCUT2D eigenvalue weighted by Gasteiger charge is 2.30. The van der Waals surface area contributed by atoms with Gasteiger partial charge in [-0.3, -0.25) is 4.79 Å². The molecular formula is C21H30N2O3. The molecule has 1 aromatic carbocycles. The van der Waals surface area contributed by atoms with E-state index in [-0.39, 0.29) is 17.9 Å². The molecule has 5 heteroatoms. The average Bonchev–Trinajstić information content (AvgIpc) is 2.71. The van der Waals surface area contributed by atoms with Gasteiger partial charge in [-0.2, -0.15) is 0 Å². The predicted molar refractivity (Wildman–Crippen MR) is 103 cm³/mol. The number of aryl methyl sites for hydroxylation is 1. The second kappa shape index (κ2) is 6.93. The molecule has 0 spiro atoms. The highest BCUT2D eigenvalue weighted by atomic mass is 16.6. The number of hydrogen-bond donors (Lipinski definition) is 0. The maximum Gasteiger partial charge on any atom is 0.410 e. The van der Waals surface area contributed by atoms with Gasteiger partial charge in [0.15, 0.2) is 0 Å². The minimum atomic E-state index is -0.486. The van der Waals surface area contributed by atoms with Gasteiger partial charge in [-0.05, 0) is 69.2 Å². The molecular weight excluding hydrogens is 328 g/mol. The fourth-order valence-corrected chi connectivity index (χ4v) is 3.95. The standard InChI is InChI=1S/C21H30N2O3/c1-6-23-18-12-15-9-10-22(20(25)26-21(3,4)5)13-14(2)17(15)11-16(18)7-8-19(23)24/h11-12,14H,6-10,13H2,1-5H3. The van der Waals surface area contributed by atoms with Gasteiger partial charge < -0.3 is 14.5 Å². The molecule has 1 unspecified atom stereocenters. The minimum Gasteiger partial charge on any atom is -0.444 e. The van der Waals surface area contributed by atoms with Crippen LogP contribution in [0.5, 0.6) is 0 Å². The summed E-state index contributed by atoms with van der Waals surface area (Å²) in [5.41, 5.74) is 4.37. The van der Waals surface area contributed by atoms with Crippen LogP contribution in [-0.4, -0.2) is 42.1 Å². The maximum absolute atomic E-state index is 12.5. The Kier molecular flexibility index (Phi) is 5.00. The molecule has 0 saturated carbocycles. The van der Waals surface area contributed by atoms with Crippen LogP contribution in [0.4, 0.5) is 10.5 Å². The van der Waals surface area contributed by atoms with E-state index in [1.54, 1.807) is 0 Å². The molecule has 142 valence electrons. The molecule has 0 N–H and O–H groups in total. The molecule has 2 heterocycles. The van der Waals surface area contributed by atoms with Crippen LogP contribution >= 0.6 is 0 Å². The van der Waals surface area contributed by atoms with Gasteiger partial charge in [0.25, 0.3) is 0 Å². The van der Waals surface area contributed by atoms with Crippen molar-refractivity contribution in [3.63, 3.8) is 0 Å². The van der Waals surface area contributed by atoms with Crippen molar-refractivity contribution in [1.82, 2.24) is 4.90 Å². The lowest BCUT2D eigenvalue weighted by Crippen LogP contribution is -2.38. The van der Waals surface area contributed by atoms with Crippen molar-refractivity contribution in [2.24, 2.45) is 0 Å². The number of nitrogens with zero attached hydrogens (tertiary/aromatic N) is 2. The quantitative estimate of drug-likeness (QED) is 0.765. The number of fused-ring (bicyclic) bond motifs is 2. The van der Waals surface area contributed by atoms with Crippen LogP contribution in [0.25, 0.3) is 0 Å². The molecule has 26 heavy (non-hydrogen) atoms. The van der Waals surface area contributed by atoms with Gasteiger partial charge in [0, 0.05) is 31.7 Å². The zero-order valence-corrected chi connectivity index (χ0v) is 16.6. The van der Waals surface area contributed by atoms with Crippen molar-refractivity contribution in [1.29, 1.82) is 0 Å². The third kappa shape index (κ3) is 3.71. The van der Waals surface area contributed by atoms with Crippen molar-refractivity contribution in [3.05, 3.63) is 28.8 Å². The van der Waals surface area contributed by atoms with Crippen LogP contribution in [0.15, 0.2) is 12.1 Å². The first-order valence-electron chi connectivity index (χ1n) is 9.63. The summed E-state index contributed by atoms with van der Waals surface area (Å²) in [7, 11) is 0. The molecule has 0 aliphatic carbocycles. The van der Waals surface area contributed by atoms with Gasteiger partial charge in [0.2, 0.25) is 5.91 Å². The van der Waals surface area contributed by atoms with E-state index >= 15 is 0 Å². The van der Waals surface area contributed by atoms with Gasteiger partial charge in [-0.1, -0.05) is 13.0 Å². The summed E-state index contributed by atoms with van der Waals surface area (Å²) in [6.45, 7) is 11.9. The summed E-state index contributed by atoms with van der Waals surface area (Å²) in [5.74, 6) is 0.454. The number of amides is 2. The smallest absolute Gasteiger partial charge is 0.410 e. The molecule has 3 rings (SSSR count). The lowest BCUT2D eigenvalue weighted by Gasteiger charge is -2.30. The SMILES string of the molecule is CCN1C(=O)CCc2cc3c(cc21)CCN(C(=O)OC(C)(C)C)CC3C. The molecule has 2 aliphatic rings. The number of benzene rings is 1.